The highest BCUT2D eigenvalue weighted by Gasteiger charge is 2.48. The first-order chi connectivity index (χ1) is 12.9. The fraction of sp³-hybridized carbons (Fsp3) is 0.588. The number of carbonyl (C=O) groups excluding carboxylic acids is 1. The lowest BCUT2D eigenvalue weighted by Crippen LogP contribution is -2.64. The molecular formula is C17H23FN4O6. The van der Waals surface area contributed by atoms with Crippen molar-refractivity contribution in [1.82, 2.24) is 10.3 Å². The number of carboxylic acid groups (broad SMARTS) is 1. The Kier molecular flexibility index (Phi) is 6.05. The summed E-state index contributed by atoms with van der Waals surface area (Å²) in [6.07, 6.45) is -2.18. The highest BCUT2D eigenvalue weighted by Crippen LogP contribution is 2.34. The van der Waals surface area contributed by atoms with Crippen molar-refractivity contribution in [3.05, 3.63) is 28.4 Å². The molecule has 0 bridgehead atoms. The minimum atomic E-state index is -1.80. The zero-order valence-corrected chi connectivity index (χ0v) is 15.8. The summed E-state index contributed by atoms with van der Waals surface area (Å²) in [5.41, 5.74) is -2.38. The Balaban J connectivity index is 2.24. The molecule has 1 aromatic heterocycles. The van der Waals surface area contributed by atoms with Crippen LogP contribution in [0.4, 0.5) is 20.7 Å². The van der Waals surface area contributed by atoms with E-state index >= 15 is 4.39 Å². The first-order valence-corrected chi connectivity index (χ1v) is 8.65. The number of pyridine rings is 1. The molecule has 28 heavy (non-hydrogen) atoms. The number of alkyl halides is 1. The molecule has 2 unspecified atom stereocenters. The van der Waals surface area contributed by atoms with Gasteiger partial charge in [-0.05, 0) is 49.2 Å². The van der Waals surface area contributed by atoms with Crippen LogP contribution >= 0.6 is 0 Å². The van der Waals surface area contributed by atoms with Crippen molar-refractivity contribution in [2.45, 2.75) is 50.9 Å². The highest BCUT2D eigenvalue weighted by atomic mass is 19.1. The standard InChI is InChI=1S/C17H23FN4O6/c1-16(2,3)28-15(25)20-17(9-13(23)24)6-8-21(10-12(17)18)11-5-4-7-19-14(11)22(26)27/h4-5,7,12H,6,8-10H2,1-3H3,(H,20,25)(H,23,24). The fourth-order valence-electron chi connectivity index (χ4n) is 3.11. The number of nitro groups is 1. The van der Waals surface area contributed by atoms with Crippen LogP contribution in [0.3, 0.4) is 0 Å². The number of alkyl carbamates (subject to hydrolysis) is 1. The molecule has 0 spiro atoms. The van der Waals surface area contributed by atoms with Gasteiger partial charge in [-0.3, -0.25) is 4.79 Å². The number of hydrogen-bond donors (Lipinski definition) is 2. The molecule has 2 rings (SSSR count). The average molecular weight is 398 g/mol. The van der Waals surface area contributed by atoms with Gasteiger partial charge in [-0.15, -0.1) is 0 Å². The van der Waals surface area contributed by atoms with Gasteiger partial charge in [0.25, 0.3) is 0 Å². The van der Waals surface area contributed by atoms with E-state index in [1.54, 1.807) is 20.8 Å². The number of rotatable bonds is 5. The first-order valence-electron chi connectivity index (χ1n) is 8.65. The molecule has 2 atom stereocenters. The van der Waals surface area contributed by atoms with E-state index in [0.29, 0.717) is 0 Å². The summed E-state index contributed by atoms with van der Waals surface area (Å²) >= 11 is 0. The number of aliphatic carboxylic acids is 1. The molecule has 154 valence electrons. The molecule has 0 radical (unpaired) electrons. The van der Waals surface area contributed by atoms with Gasteiger partial charge < -0.3 is 30.2 Å². The van der Waals surface area contributed by atoms with Crippen molar-refractivity contribution in [3.63, 3.8) is 0 Å². The second-order valence-electron chi connectivity index (χ2n) is 7.62. The molecule has 11 heteroatoms. The number of carboxylic acids is 1. The molecule has 0 saturated carbocycles. The molecule has 1 fully saturated rings. The zero-order valence-electron chi connectivity index (χ0n) is 15.8. The van der Waals surface area contributed by atoms with Crippen LogP contribution in [0.15, 0.2) is 18.3 Å². The SMILES string of the molecule is CC(C)(C)OC(=O)NC1(CC(=O)O)CCN(c2cccnc2[N+](=O)[O-])CC1F. The van der Waals surface area contributed by atoms with Crippen LogP contribution in [0, 0.1) is 10.1 Å². The monoisotopic (exact) mass is 398 g/mol. The van der Waals surface area contributed by atoms with E-state index in [1.165, 1.54) is 23.2 Å². The van der Waals surface area contributed by atoms with Gasteiger partial charge in [0.15, 0.2) is 0 Å². The third-order valence-electron chi connectivity index (χ3n) is 4.30. The van der Waals surface area contributed by atoms with Crippen molar-refractivity contribution >= 4 is 23.6 Å². The molecule has 0 aromatic carbocycles. The zero-order chi connectivity index (χ0) is 21.1. The van der Waals surface area contributed by atoms with E-state index < -0.39 is 46.5 Å². The van der Waals surface area contributed by atoms with Gasteiger partial charge in [0.2, 0.25) is 0 Å². The van der Waals surface area contributed by atoms with Gasteiger partial charge in [-0.2, -0.15) is 0 Å². The number of amides is 1. The molecule has 1 aromatic rings. The Labute approximate surface area is 160 Å². The molecule has 1 aliphatic heterocycles. The van der Waals surface area contributed by atoms with Crippen LogP contribution in [0.5, 0.6) is 0 Å². The van der Waals surface area contributed by atoms with Gasteiger partial charge in [-0.25, -0.2) is 9.18 Å². The van der Waals surface area contributed by atoms with Crippen LogP contribution in [-0.2, 0) is 9.53 Å². The topological polar surface area (TPSA) is 135 Å². The summed E-state index contributed by atoms with van der Waals surface area (Å²) in [6, 6.07) is 2.94. The van der Waals surface area contributed by atoms with Gasteiger partial charge in [0.1, 0.15) is 23.7 Å². The maximum Gasteiger partial charge on any atom is 0.408 e. The summed E-state index contributed by atoms with van der Waals surface area (Å²) in [6.45, 7) is 4.65. The number of nitrogens with one attached hydrogen (secondary N) is 1. The van der Waals surface area contributed by atoms with Gasteiger partial charge in [-0.1, -0.05) is 0 Å². The summed E-state index contributed by atoms with van der Waals surface area (Å²) in [5, 5.41) is 22.8. The minimum absolute atomic E-state index is 0.0776. The van der Waals surface area contributed by atoms with Crippen LogP contribution in [-0.4, -0.2) is 57.5 Å². The molecular weight excluding hydrogens is 375 g/mol. The van der Waals surface area contributed by atoms with Crippen molar-refractivity contribution in [3.8, 4) is 0 Å². The van der Waals surface area contributed by atoms with Gasteiger partial charge in [0, 0.05) is 6.54 Å². The Morgan fingerprint density at radius 3 is 2.75 bits per heavy atom. The number of carbonyl (C=O) groups is 2. The molecule has 1 amide bonds. The third-order valence-corrected chi connectivity index (χ3v) is 4.30. The number of ether oxygens (including phenoxy) is 1. The van der Waals surface area contributed by atoms with Crippen LogP contribution in [0.1, 0.15) is 33.6 Å². The van der Waals surface area contributed by atoms with E-state index in [1.807, 2.05) is 0 Å². The summed E-state index contributed by atoms with van der Waals surface area (Å²) < 4.78 is 20.3. The second-order valence-corrected chi connectivity index (χ2v) is 7.62. The Morgan fingerprint density at radius 1 is 1.54 bits per heavy atom. The van der Waals surface area contributed by atoms with Crippen LogP contribution in [0.25, 0.3) is 0 Å². The molecule has 2 heterocycles. The number of piperidine rings is 1. The maximum atomic E-state index is 15.2. The Morgan fingerprint density at radius 2 is 2.21 bits per heavy atom. The summed E-state index contributed by atoms with van der Waals surface area (Å²) in [7, 11) is 0. The fourth-order valence-corrected chi connectivity index (χ4v) is 3.11. The molecule has 1 aliphatic rings. The number of nitrogens with zero attached hydrogens (tertiary/aromatic N) is 3. The smallest absolute Gasteiger partial charge is 0.408 e. The van der Waals surface area contributed by atoms with E-state index in [-0.39, 0.29) is 25.2 Å². The lowest BCUT2D eigenvalue weighted by Gasteiger charge is -2.44. The van der Waals surface area contributed by atoms with E-state index in [0.717, 1.165) is 0 Å². The quantitative estimate of drug-likeness (QED) is 0.570. The van der Waals surface area contributed by atoms with Crippen molar-refractivity contribution in [1.29, 1.82) is 0 Å². The lowest BCUT2D eigenvalue weighted by molar-refractivity contribution is -0.388. The number of anilines is 1. The predicted molar refractivity (Wildman–Crippen MR) is 97.0 cm³/mol. The van der Waals surface area contributed by atoms with Crippen LogP contribution in [0.2, 0.25) is 0 Å². The van der Waals surface area contributed by atoms with Crippen molar-refractivity contribution < 1.29 is 28.7 Å². The van der Waals surface area contributed by atoms with E-state index in [2.05, 4.69) is 10.3 Å². The Hall–Kier alpha value is -2.98. The largest absolute Gasteiger partial charge is 0.481 e. The third kappa shape index (κ3) is 5.05. The molecule has 10 nitrogen and oxygen atoms in total. The molecule has 0 aliphatic carbocycles. The molecule has 1 saturated heterocycles. The summed E-state index contributed by atoms with van der Waals surface area (Å²) in [4.78, 5) is 39.1. The number of aromatic nitrogens is 1. The van der Waals surface area contributed by atoms with Crippen LogP contribution < -0.4 is 10.2 Å². The maximum absolute atomic E-state index is 15.2. The van der Waals surface area contributed by atoms with E-state index in [9.17, 15) is 24.8 Å². The summed E-state index contributed by atoms with van der Waals surface area (Å²) in [5.74, 6) is -1.69. The Bertz CT molecular complexity index is 768. The average Bonchev–Trinajstić information content (AvgIpc) is 2.55. The van der Waals surface area contributed by atoms with Crippen molar-refractivity contribution in [2.24, 2.45) is 0 Å². The van der Waals surface area contributed by atoms with Gasteiger partial charge in [0.05, 0.1) is 18.5 Å². The normalized spacial score (nSPS) is 22.4. The number of hydrogen-bond acceptors (Lipinski definition) is 7. The lowest BCUT2D eigenvalue weighted by atomic mass is 9.82. The van der Waals surface area contributed by atoms with Gasteiger partial charge >= 0.3 is 17.9 Å². The first kappa shape index (κ1) is 21.3. The van der Waals surface area contributed by atoms with Crippen molar-refractivity contribution in [2.75, 3.05) is 18.0 Å². The van der Waals surface area contributed by atoms with E-state index in [4.69, 9.17) is 4.74 Å². The molecule has 2 N–H and O–H groups in total. The predicted octanol–water partition coefficient (Wildman–Crippen LogP) is 2.28. The second kappa shape index (κ2) is 7.95. The highest BCUT2D eigenvalue weighted by molar-refractivity contribution is 5.73. The minimum Gasteiger partial charge on any atom is -0.481 e. The number of halogens is 1.